The fraction of sp³-hybridized carbons (Fsp3) is 0.846. The van der Waals surface area contributed by atoms with E-state index >= 15 is 0 Å². The fourth-order valence-electron chi connectivity index (χ4n) is 1.51. The van der Waals surface area contributed by atoms with Crippen LogP contribution in [0.2, 0.25) is 0 Å². The number of hydrogen-bond acceptors (Lipinski definition) is 2. The van der Waals surface area contributed by atoms with Crippen molar-refractivity contribution in [1.82, 2.24) is 0 Å². The number of hydrogen-bond donors (Lipinski definition) is 1. The molecule has 1 aliphatic heterocycles. The summed E-state index contributed by atoms with van der Waals surface area (Å²) in [7, 11) is 0. The minimum Gasteiger partial charge on any atom is -0.390 e. The Morgan fingerprint density at radius 2 is 2.00 bits per heavy atom. The topological polar surface area (TPSA) is 29.5 Å². The van der Waals surface area contributed by atoms with E-state index in [4.69, 9.17) is 4.74 Å². The molecular formula is C13H26O2Ti. The SMILES string of the molecule is CCCCC(O)C1CCCO1.[CH2-]CC[CH2-].[Ti+2]. The molecule has 2 atom stereocenters. The van der Waals surface area contributed by atoms with E-state index in [-0.39, 0.29) is 33.9 Å². The molecule has 2 nitrogen and oxygen atoms in total. The molecule has 0 aromatic rings. The molecule has 3 heteroatoms. The van der Waals surface area contributed by atoms with Crippen LogP contribution in [0.3, 0.4) is 0 Å². The van der Waals surface area contributed by atoms with E-state index in [1.807, 2.05) is 0 Å². The first-order valence-corrected chi connectivity index (χ1v) is 6.14. The molecule has 0 aromatic heterocycles. The molecule has 2 unspecified atom stereocenters. The maximum absolute atomic E-state index is 9.56. The molecule has 0 radical (unpaired) electrons. The van der Waals surface area contributed by atoms with Crippen molar-refractivity contribution in [2.24, 2.45) is 0 Å². The Bertz CT molecular complexity index is 123. The summed E-state index contributed by atoms with van der Waals surface area (Å²) in [6.45, 7) is 10.1. The average Bonchev–Trinajstić information content (AvgIpc) is 2.79. The van der Waals surface area contributed by atoms with Gasteiger partial charge in [0.05, 0.1) is 12.2 Å². The molecule has 1 rings (SSSR count). The smallest absolute Gasteiger partial charge is 0.390 e. The molecule has 0 spiro atoms. The minimum absolute atomic E-state index is 0. The Morgan fingerprint density at radius 1 is 1.38 bits per heavy atom. The van der Waals surface area contributed by atoms with Crippen LogP contribution >= 0.6 is 0 Å². The van der Waals surface area contributed by atoms with Crippen LogP contribution in [0.5, 0.6) is 0 Å². The summed E-state index contributed by atoms with van der Waals surface area (Å²) in [6.07, 6.45) is 7.18. The van der Waals surface area contributed by atoms with E-state index in [1.54, 1.807) is 0 Å². The van der Waals surface area contributed by atoms with Gasteiger partial charge in [-0.05, 0) is 19.3 Å². The zero-order chi connectivity index (χ0) is 11.5. The van der Waals surface area contributed by atoms with E-state index in [2.05, 4.69) is 20.8 Å². The van der Waals surface area contributed by atoms with E-state index in [9.17, 15) is 5.11 Å². The van der Waals surface area contributed by atoms with Gasteiger partial charge in [-0.25, -0.2) is 12.8 Å². The van der Waals surface area contributed by atoms with Crippen LogP contribution in [-0.2, 0) is 26.5 Å². The van der Waals surface area contributed by atoms with Crippen LogP contribution in [0.1, 0.15) is 51.9 Å². The van der Waals surface area contributed by atoms with Crippen LogP contribution < -0.4 is 0 Å². The standard InChI is InChI=1S/C9H18O2.C4H8.Ti/c1-2-3-5-8(10)9-6-4-7-11-9;1-3-4-2;/h8-10H,2-7H2,1H3;1-4H2;/q;-2;+2. The van der Waals surface area contributed by atoms with E-state index in [1.165, 1.54) is 0 Å². The predicted octanol–water partition coefficient (Wildman–Crippen LogP) is 3.15. The molecule has 1 N–H and O–H groups in total. The quantitative estimate of drug-likeness (QED) is 0.609. The molecule has 0 aliphatic carbocycles. The number of ether oxygens (including phenoxy) is 1. The van der Waals surface area contributed by atoms with Crippen molar-refractivity contribution in [3.63, 3.8) is 0 Å². The van der Waals surface area contributed by atoms with Gasteiger partial charge >= 0.3 is 21.7 Å². The van der Waals surface area contributed by atoms with Crippen LogP contribution in [-0.4, -0.2) is 23.9 Å². The van der Waals surface area contributed by atoms with Crippen LogP contribution in [0.4, 0.5) is 0 Å². The first-order valence-electron chi connectivity index (χ1n) is 6.14. The number of aliphatic hydroxyl groups excluding tert-OH is 1. The van der Waals surface area contributed by atoms with Crippen LogP contribution in [0.15, 0.2) is 0 Å². The summed E-state index contributed by atoms with van der Waals surface area (Å²) in [5.41, 5.74) is 0. The van der Waals surface area contributed by atoms with Crippen LogP contribution in [0, 0.1) is 13.8 Å². The molecule has 0 saturated carbocycles. The van der Waals surface area contributed by atoms with Gasteiger partial charge in [0.15, 0.2) is 0 Å². The Labute approximate surface area is 116 Å². The monoisotopic (exact) mass is 262 g/mol. The zero-order valence-corrected chi connectivity index (χ0v) is 12.1. The molecule has 1 heterocycles. The largest absolute Gasteiger partial charge is 2.00 e. The van der Waals surface area contributed by atoms with E-state index < -0.39 is 0 Å². The van der Waals surface area contributed by atoms with Gasteiger partial charge in [-0.2, -0.15) is 0 Å². The van der Waals surface area contributed by atoms with Gasteiger partial charge in [0, 0.05) is 6.61 Å². The third kappa shape index (κ3) is 9.83. The molecule has 0 aromatic carbocycles. The number of unbranched alkanes of at least 4 members (excludes halogenated alkanes) is 2. The van der Waals surface area contributed by atoms with Crippen molar-refractivity contribution in [1.29, 1.82) is 0 Å². The summed E-state index contributed by atoms with van der Waals surface area (Å²) in [6, 6.07) is 0. The first kappa shape index (κ1) is 19.0. The predicted molar refractivity (Wildman–Crippen MR) is 64.5 cm³/mol. The second-order valence-corrected chi connectivity index (χ2v) is 3.97. The second kappa shape index (κ2) is 13.7. The minimum atomic E-state index is -0.211. The van der Waals surface area contributed by atoms with Gasteiger partial charge in [-0.3, -0.25) is 0 Å². The normalized spacial score (nSPS) is 20.6. The van der Waals surface area contributed by atoms with Gasteiger partial charge < -0.3 is 23.7 Å². The van der Waals surface area contributed by atoms with E-state index in [0.717, 1.165) is 51.6 Å². The van der Waals surface area contributed by atoms with Crippen molar-refractivity contribution >= 4 is 0 Å². The number of aliphatic hydroxyl groups is 1. The van der Waals surface area contributed by atoms with Gasteiger partial charge in [0.25, 0.3) is 0 Å². The molecule has 1 aliphatic rings. The van der Waals surface area contributed by atoms with Gasteiger partial charge in [0.2, 0.25) is 0 Å². The van der Waals surface area contributed by atoms with Crippen molar-refractivity contribution in [3.05, 3.63) is 13.8 Å². The Morgan fingerprint density at radius 3 is 2.38 bits per heavy atom. The van der Waals surface area contributed by atoms with Gasteiger partial charge in [0.1, 0.15) is 0 Å². The fourth-order valence-corrected chi connectivity index (χ4v) is 1.51. The van der Waals surface area contributed by atoms with Crippen LogP contribution in [0.25, 0.3) is 0 Å². The third-order valence-corrected chi connectivity index (χ3v) is 2.50. The van der Waals surface area contributed by atoms with Gasteiger partial charge in [-0.15, -0.1) is 0 Å². The Balaban J connectivity index is 0. The molecular weight excluding hydrogens is 236 g/mol. The average molecular weight is 262 g/mol. The maximum Gasteiger partial charge on any atom is 2.00 e. The molecule has 1 fully saturated rings. The second-order valence-electron chi connectivity index (χ2n) is 3.97. The Kier molecular flexibility index (Phi) is 16.3. The van der Waals surface area contributed by atoms with E-state index in [0.29, 0.717) is 0 Å². The third-order valence-electron chi connectivity index (χ3n) is 2.50. The molecule has 0 bridgehead atoms. The van der Waals surface area contributed by atoms with Gasteiger partial charge in [-0.1, -0.05) is 19.8 Å². The van der Waals surface area contributed by atoms with Crippen molar-refractivity contribution < 1.29 is 31.6 Å². The molecule has 1 saturated heterocycles. The van der Waals surface area contributed by atoms with Crippen molar-refractivity contribution in [2.75, 3.05) is 6.61 Å². The van der Waals surface area contributed by atoms with Crippen molar-refractivity contribution in [3.8, 4) is 0 Å². The number of rotatable bonds is 5. The molecule has 94 valence electrons. The molecule has 0 amide bonds. The van der Waals surface area contributed by atoms with Crippen molar-refractivity contribution in [2.45, 2.75) is 64.1 Å². The first-order chi connectivity index (χ1) is 7.26. The Hall–Kier alpha value is 0.634. The summed E-state index contributed by atoms with van der Waals surface area (Å²) in [5.74, 6) is 0. The summed E-state index contributed by atoms with van der Waals surface area (Å²) in [4.78, 5) is 0. The summed E-state index contributed by atoms with van der Waals surface area (Å²) >= 11 is 0. The maximum atomic E-state index is 9.56. The zero-order valence-electron chi connectivity index (χ0n) is 10.6. The summed E-state index contributed by atoms with van der Waals surface area (Å²) < 4.78 is 5.36. The molecule has 16 heavy (non-hydrogen) atoms. The summed E-state index contributed by atoms with van der Waals surface area (Å²) in [5, 5.41) is 9.56.